The fourth-order valence-electron chi connectivity index (χ4n) is 4.13. The van der Waals surface area contributed by atoms with Gasteiger partial charge in [0.25, 0.3) is 0 Å². The molecule has 0 aromatic heterocycles. The van der Waals surface area contributed by atoms with E-state index in [0.29, 0.717) is 11.3 Å². The Bertz CT molecular complexity index is 434. The van der Waals surface area contributed by atoms with E-state index in [-0.39, 0.29) is 16.8 Å². The monoisotopic (exact) mass is 264 g/mol. The van der Waals surface area contributed by atoms with E-state index in [2.05, 4.69) is 13.8 Å². The van der Waals surface area contributed by atoms with Gasteiger partial charge in [-0.2, -0.15) is 0 Å². The third-order valence-corrected chi connectivity index (χ3v) is 5.85. The first-order valence-electron chi connectivity index (χ1n) is 5.75. The van der Waals surface area contributed by atoms with E-state index in [0.717, 1.165) is 25.9 Å². The Labute approximate surface area is 101 Å². The van der Waals surface area contributed by atoms with Gasteiger partial charge in [-0.1, -0.05) is 13.8 Å². The second kappa shape index (κ2) is 2.78. The lowest BCUT2D eigenvalue weighted by molar-refractivity contribution is -0.165. The minimum Gasteiger partial charge on any atom is -0.374 e. The molecule has 0 aromatic rings. The van der Waals surface area contributed by atoms with Crippen LogP contribution in [-0.2, 0) is 13.8 Å². The lowest BCUT2D eigenvalue weighted by Gasteiger charge is -2.55. The van der Waals surface area contributed by atoms with E-state index in [1.807, 2.05) is 0 Å². The molecule has 0 aromatic carbocycles. The maximum Gasteiger partial charge on any atom is 0.233 e. The van der Waals surface area contributed by atoms with Gasteiger partial charge in [0.05, 0.1) is 18.0 Å². The van der Waals surface area contributed by atoms with Crippen molar-refractivity contribution in [3.05, 3.63) is 0 Å². The predicted octanol–water partition coefficient (Wildman–Crippen LogP) is 2.15. The molecule has 0 bridgehead atoms. The maximum absolute atomic E-state index is 11.3. The third-order valence-electron chi connectivity index (χ3n) is 4.66. The summed E-state index contributed by atoms with van der Waals surface area (Å²) in [6, 6.07) is 0. The van der Waals surface area contributed by atoms with Gasteiger partial charge in [0.15, 0.2) is 0 Å². The quantitative estimate of drug-likeness (QED) is 0.718. The zero-order chi connectivity index (χ0) is 11.8. The molecular weight excluding hydrogens is 248 g/mol. The molecule has 3 aliphatic rings. The highest BCUT2D eigenvalue weighted by Gasteiger charge is 2.77. The van der Waals surface area contributed by atoms with Crippen LogP contribution in [-0.4, -0.2) is 26.4 Å². The Morgan fingerprint density at radius 1 is 1.38 bits per heavy atom. The molecule has 2 aliphatic carbocycles. The first-order valence-corrected chi connectivity index (χ1v) is 8.22. The van der Waals surface area contributed by atoms with Gasteiger partial charge < -0.3 is 4.74 Å². The van der Waals surface area contributed by atoms with Crippen LogP contribution in [0.2, 0.25) is 0 Å². The van der Waals surface area contributed by atoms with E-state index in [1.165, 1.54) is 0 Å². The van der Waals surface area contributed by atoms with Crippen LogP contribution in [0.25, 0.3) is 0 Å². The van der Waals surface area contributed by atoms with Gasteiger partial charge in [-0.3, -0.25) is 0 Å². The number of rotatable bonds is 2. The van der Waals surface area contributed by atoms with Crippen molar-refractivity contribution < 1.29 is 13.2 Å². The summed E-state index contributed by atoms with van der Waals surface area (Å²) in [5.74, 6) is 0.527. The van der Waals surface area contributed by atoms with E-state index in [4.69, 9.17) is 15.4 Å². The number of hydrogen-bond acceptors (Lipinski definition) is 3. The molecule has 0 N–H and O–H groups in total. The van der Waals surface area contributed by atoms with Crippen LogP contribution < -0.4 is 0 Å². The van der Waals surface area contributed by atoms with Gasteiger partial charge in [-0.15, -0.1) is 0 Å². The average Bonchev–Trinajstić information content (AvgIpc) is 2.62. The zero-order valence-corrected chi connectivity index (χ0v) is 11.2. The molecule has 1 heterocycles. The Balaban J connectivity index is 1.87. The molecule has 1 aliphatic heterocycles. The van der Waals surface area contributed by atoms with Gasteiger partial charge in [0.1, 0.15) is 0 Å². The molecule has 0 amide bonds. The van der Waals surface area contributed by atoms with Crippen molar-refractivity contribution in [2.45, 2.75) is 38.7 Å². The van der Waals surface area contributed by atoms with Crippen molar-refractivity contribution in [3.8, 4) is 0 Å². The standard InChI is InChI=1S/C11H17ClO3S/c1-9(2)5-11(6-9)10(7-16(12,13)14)3-8(10)4-15-11/h8H,3-7H2,1-2H3. The fourth-order valence-corrected chi connectivity index (χ4v) is 5.94. The highest BCUT2D eigenvalue weighted by Crippen LogP contribution is 2.74. The summed E-state index contributed by atoms with van der Waals surface area (Å²) in [5.41, 5.74) is -0.0349. The Kier molecular flexibility index (Phi) is 1.96. The molecule has 3 fully saturated rings. The normalized spacial score (nSPS) is 42.8. The van der Waals surface area contributed by atoms with Gasteiger partial charge in [-0.05, 0) is 30.6 Å². The number of hydrogen-bond donors (Lipinski definition) is 0. The van der Waals surface area contributed by atoms with Crippen LogP contribution in [0.3, 0.4) is 0 Å². The highest BCUT2D eigenvalue weighted by molar-refractivity contribution is 8.13. The molecular formula is C11H17ClO3S. The van der Waals surface area contributed by atoms with Crippen LogP contribution in [0.4, 0.5) is 0 Å². The second-order valence-corrected chi connectivity index (χ2v) is 9.34. The van der Waals surface area contributed by atoms with E-state index >= 15 is 0 Å². The largest absolute Gasteiger partial charge is 0.374 e. The molecule has 3 rings (SSSR count). The molecule has 1 saturated heterocycles. The summed E-state index contributed by atoms with van der Waals surface area (Å²) in [4.78, 5) is 0. The Hall–Kier alpha value is 0.200. The van der Waals surface area contributed by atoms with E-state index < -0.39 is 9.05 Å². The fraction of sp³-hybridized carbons (Fsp3) is 1.00. The van der Waals surface area contributed by atoms with E-state index in [9.17, 15) is 8.42 Å². The molecule has 3 nitrogen and oxygen atoms in total. The summed E-state index contributed by atoms with van der Waals surface area (Å²) in [6.07, 6.45) is 2.93. The summed E-state index contributed by atoms with van der Waals surface area (Å²) in [7, 11) is 2.01. The molecule has 0 radical (unpaired) electrons. The molecule has 2 unspecified atom stereocenters. The summed E-state index contributed by atoms with van der Waals surface area (Å²) >= 11 is 0. The third kappa shape index (κ3) is 1.39. The molecule has 16 heavy (non-hydrogen) atoms. The highest BCUT2D eigenvalue weighted by atomic mass is 35.7. The van der Waals surface area contributed by atoms with Gasteiger partial charge in [-0.25, -0.2) is 8.42 Å². The van der Waals surface area contributed by atoms with Crippen LogP contribution in [0.5, 0.6) is 0 Å². The molecule has 2 atom stereocenters. The van der Waals surface area contributed by atoms with Gasteiger partial charge >= 0.3 is 0 Å². The van der Waals surface area contributed by atoms with Gasteiger partial charge in [0, 0.05) is 16.1 Å². The average molecular weight is 265 g/mol. The lowest BCUT2D eigenvalue weighted by Crippen LogP contribution is -2.56. The molecule has 5 heteroatoms. The number of halogens is 1. The van der Waals surface area contributed by atoms with Crippen molar-refractivity contribution in [1.82, 2.24) is 0 Å². The summed E-state index contributed by atoms with van der Waals surface area (Å²) in [5, 5.41) is 0. The maximum atomic E-state index is 11.3. The first kappa shape index (κ1) is 11.3. The minimum absolute atomic E-state index is 0.0995. The minimum atomic E-state index is -3.42. The molecule has 92 valence electrons. The smallest absolute Gasteiger partial charge is 0.233 e. The van der Waals surface area contributed by atoms with Crippen LogP contribution in [0.1, 0.15) is 33.1 Å². The number of ether oxygens (including phenoxy) is 1. The molecule has 1 spiro atoms. The van der Waals surface area contributed by atoms with Crippen LogP contribution >= 0.6 is 10.7 Å². The number of fused-ring (bicyclic) bond motifs is 2. The zero-order valence-electron chi connectivity index (χ0n) is 9.62. The predicted molar refractivity (Wildman–Crippen MR) is 61.9 cm³/mol. The Morgan fingerprint density at radius 3 is 2.44 bits per heavy atom. The van der Waals surface area contributed by atoms with Crippen molar-refractivity contribution >= 4 is 19.7 Å². The second-order valence-electron chi connectivity index (χ2n) is 6.56. The summed E-state index contributed by atoms with van der Waals surface area (Å²) in [6.45, 7) is 5.14. The topological polar surface area (TPSA) is 43.4 Å². The summed E-state index contributed by atoms with van der Waals surface area (Å²) < 4.78 is 28.5. The van der Waals surface area contributed by atoms with Crippen LogP contribution in [0, 0.1) is 16.7 Å². The Morgan fingerprint density at radius 2 is 2.00 bits per heavy atom. The first-order chi connectivity index (χ1) is 7.18. The van der Waals surface area contributed by atoms with Gasteiger partial charge in [0.2, 0.25) is 9.05 Å². The van der Waals surface area contributed by atoms with E-state index in [1.54, 1.807) is 0 Å². The molecule has 2 saturated carbocycles. The lowest BCUT2D eigenvalue weighted by atomic mass is 9.56. The van der Waals surface area contributed by atoms with Crippen molar-refractivity contribution in [2.24, 2.45) is 16.7 Å². The van der Waals surface area contributed by atoms with Crippen molar-refractivity contribution in [3.63, 3.8) is 0 Å². The van der Waals surface area contributed by atoms with Crippen molar-refractivity contribution in [2.75, 3.05) is 12.4 Å². The SMILES string of the molecule is CC1(C)CC2(C1)OCC1CC12CS(=O)(=O)Cl. The van der Waals surface area contributed by atoms with Crippen LogP contribution in [0.15, 0.2) is 0 Å². The van der Waals surface area contributed by atoms with Crippen molar-refractivity contribution in [1.29, 1.82) is 0 Å².